The Kier molecular flexibility index (Phi) is 2.74. The number of carbonyl (C=O) groups excluding carboxylic acids is 1. The van der Waals surface area contributed by atoms with Crippen molar-refractivity contribution >= 4 is 11.7 Å². The number of hydrogen-bond acceptors (Lipinski definition) is 5. The van der Waals surface area contributed by atoms with Gasteiger partial charge in [-0.25, -0.2) is 9.97 Å². The smallest absolute Gasteiger partial charge is 0.219 e. The monoisotopic (exact) mass is 229 g/mol. The maximum Gasteiger partial charge on any atom is 0.219 e. The third-order valence-corrected chi connectivity index (χ3v) is 2.33. The van der Waals surface area contributed by atoms with E-state index in [1.54, 1.807) is 12.1 Å². The molecular formula is C12H11N3O2. The van der Waals surface area contributed by atoms with E-state index in [1.807, 2.05) is 6.92 Å². The molecule has 0 atom stereocenters. The summed E-state index contributed by atoms with van der Waals surface area (Å²) >= 11 is 0. The third-order valence-electron chi connectivity index (χ3n) is 2.33. The van der Waals surface area contributed by atoms with Crippen molar-refractivity contribution in [3.63, 3.8) is 0 Å². The van der Waals surface area contributed by atoms with Crippen LogP contribution in [0.2, 0.25) is 0 Å². The van der Waals surface area contributed by atoms with E-state index in [4.69, 9.17) is 5.73 Å². The van der Waals surface area contributed by atoms with Crippen LogP contribution in [0.4, 0.5) is 5.95 Å². The van der Waals surface area contributed by atoms with Crippen molar-refractivity contribution in [2.75, 3.05) is 5.73 Å². The Hall–Kier alpha value is -2.43. The zero-order valence-corrected chi connectivity index (χ0v) is 9.21. The number of nitrogens with zero attached hydrogens (tertiary/aromatic N) is 2. The average Bonchev–Trinajstić information content (AvgIpc) is 2.29. The Morgan fingerprint density at radius 1 is 1.29 bits per heavy atom. The van der Waals surface area contributed by atoms with Gasteiger partial charge in [0.15, 0.2) is 5.78 Å². The molecule has 17 heavy (non-hydrogen) atoms. The van der Waals surface area contributed by atoms with Crippen LogP contribution in [-0.2, 0) is 0 Å². The van der Waals surface area contributed by atoms with E-state index in [2.05, 4.69) is 9.97 Å². The van der Waals surface area contributed by atoms with E-state index in [1.165, 1.54) is 18.5 Å². The lowest BCUT2D eigenvalue weighted by atomic mass is 10.0. The number of benzene rings is 1. The van der Waals surface area contributed by atoms with Crippen LogP contribution in [-0.4, -0.2) is 20.9 Å². The van der Waals surface area contributed by atoms with Gasteiger partial charge < -0.3 is 10.8 Å². The number of phenolic OH excluding ortho intramolecular Hbond substituents is 1. The average molecular weight is 229 g/mol. The maximum atomic E-state index is 12.0. The molecule has 5 nitrogen and oxygen atoms in total. The molecule has 0 aliphatic heterocycles. The van der Waals surface area contributed by atoms with E-state index < -0.39 is 0 Å². The minimum Gasteiger partial charge on any atom is -0.507 e. The number of aromatic hydroxyl groups is 1. The Morgan fingerprint density at radius 2 is 1.94 bits per heavy atom. The van der Waals surface area contributed by atoms with Gasteiger partial charge in [-0.1, -0.05) is 6.07 Å². The second-order valence-electron chi connectivity index (χ2n) is 3.68. The van der Waals surface area contributed by atoms with E-state index in [0.717, 1.165) is 5.56 Å². The van der Waals surface area contributed by atoms with Crippen LogP contribution in [0.1, 0.15) is 21.5 Å². The first-order valence-corrected chi connectivity index (χ1v) is 5.00. The van der Waals surface area contributed by atoms with Gasteiger partial charge in [0.1, 0.15) is 5.75 Å². The second kappa shape index (κ2) is 4.21. The van der Waals surface area contributed by atoms with Crippen LogP contribution in [0, 0.1) is 6.92 Å². The molecule has 3 N–H and O–H groups in total. The predicted octanol–water partition coefficient (Wildman–Crippen LogP) is 1.30. The molecule has 1 aromatic carbocycles. The molecule has 1 aromatic heterocycles. The number of anilines is 1. The number of ketones is 1. The highest BCUT2D eigenvalue weighted by molar-refractivity contribution is 6.10. The fraction of sp³-hybridized carbons (Fsp3) is 0.0833. The fourth-order valence-electron chi connectivity index (χ4n) is 1.44. The molecule has 0 fully saturated rings. The van der Waals surface area contributed by atoms with Gasteiger partial charge in [0.05, 0.1) is 11.1 Å². The highest BCUT2D eigenvalue weighted by Gasteiger charge is 2.14. The van der Waals surface area contributed by atoms with Gasteiger partial charge in [-0.05, 0) is 24.6 Å². The zero-order chi connectivity index (χ0) is 12.4. The molecule has 2 aromatic rings. The van der Waals surface area contributed by atoms with Crippen molar-refractivity contribution in [3.8, 4) is 5.75 Å². The van der Waals surface area contributed by atoms with Gasteiger partial charge in [0.25, 0.3) is 0 Å². The van der Waals surface area contributed by atoms with Crippen molar-refractivity contribution in [2.24, 2.45) is 0 Å². The Labute approximate surface area is 98.0 Å². The lowest BCUT2D eigenvalue weighted by Gasteiger charge is -2.04. The lowest BCUT2D eigenvalue weighted by Crippen LogP contribution is -2.04. The molecule has 0 saturated heterocycles. The molecule has 0 bridgehead atoms. The van der Waals surface area contributed by atoms with Crippen LogP contribution >= 0.6 is 0 Å². The number of nitrogens with two attached hydrogens (primary N) is 1. The minimum absolute atomic E-state index is 0.0492. The summed E-state index contributed by atoms with van der Waals surface area (Å²) in [6.45, 7) is 1.83. The molecular weight excluding hydrogens is 218 g/mol. The summed E-state index contributed by atoms with van der Waals surface area (Å²) in [4.78, 5) is 19.5. The third kappa shape index (κ3) is 2.23. The van der Waals surface area contributed by atoms with Crippen molar-refractivity contribution < 1.29 is 9.90 Å². The van der Waals surface area contributed by atoms with Crippen LogP contribution < -0.4 is 5.73 Å². The summed E-state index contributed by atoms with van der Waals surface area (Å²) < 4.78 is 0. The molecule has 0 aliphatic rings. The van der Waals surface area contributed by atoms with Crippen molar-refractivity contribution in [1.29, 1.82) is 0 Å². The quantitative estimate of drug-likeness (QED) is 0.758. The molecule has 0 amide bonds. The topological polar surface area (TPSA) is 89.1 Å². The molecule has 0 spiro atoms. The lowest BCUT2D eigenvalue weighted by molar-refractivity contribution is 0.103. The van der Waals surface area contributed by atoms with E-state index in [-0.39, 0.29) is 23.0 Å². The molecule has 86 valence electrons. The van der Waals surface area contributed by atoms with Gasteiger partial charge in [-0.3, -0.25) is 4.79 Å². The maximum absolute atomic E-state index is 12.0. The Morgan fingerprint density at radius 3 is 2.53 bits per heavy atom. The number of aromatic nitrogens is 2. The summed E-state index contributed by atoms with van der Waals surface area (Å²) in [6, 6.07) is 4.86. The van der Waals surface area contributed by atoms with Crippen LogP contribution in [0.3, 0.4) is 0 Å². The minimum atomic E-state index is -0.331. The Balaban J connectivity index is 2.40. The SMILES string of the molecule is Cc1ccc(C(=O)c2cnc(N)nc2)c(O)c1. The molecule has 0 aliphatic carbocycles. The summed E-state index contributed by atoms with van der Waals surface area (Å²) in [6.07, 6.45) is 2.67. The molecule has 1 heterocycles. The Bertz CT molecular complexity index is 564. The summed E-state index contributed by atoms with van der Waals surface area (Å²) in [5.41, 5.74) is 6.73. The molecule has 0 unspecified atom stereocenters. The normalized spacial score (nSPS) is 10.2. The number of aryl methyl sites for hydroxylation is 1. The first-order chi connectivity index (χ1) is 8.08. The van der Waals surface area contributed by atoms with Gasteiger partial charge in [0, 0.05) is 12.4 Å². The zero-order valence-electron chi connectivity index (χ0n) is 9.21. The van der Waals surface area contributed by atoms with E-state index >= 15 is 0 Å². The first kappa shape index (κ1) is 11.1. The number of hydrogen-bond donors (Lipinski definition) is 2. The predicted molar refractivity (Wildman–Crippen MR) is 62.7 cm³/mol. The standard InChI is InChI=1S/C12H11N3O2/c1-7-2-3-9(10(16)4-7)11(17)8-5-14-12(13)15-6-8/h2-6,16H,1H3,(H2,13,14,15). The van der Waals surface area contributed by atoms with Crippen LogP contribution in [0.15, 0.2) is 30.6 Å². The molecule has 5 heteroatoms. The van der Waals surface area contributed by atoms with E-state index in [9.17, 15) is 9.90 Å². The fourth-order valence-corrected chi connectivity index (χ4v) is 1.44. The van der Waals surface area contributed by atoms with Crippen molar-refractivity contribution in [1.82, 2.24) is 9.97 Å². The van der Waals surface area contributed by atoms with Gasteiger partial charge >= 0.3 is 0 Å². The highest BCUT2D eigenvalue weighted by atomic mass is 16.3. The number of rotatable bonds is 2. The van der Waals surface area contributed by atoms with Gasteiger partial charge in [0.2, 0.25) is 5.95 Å². The largest absolute Gasteiger partial charge is 0.507 e. The number of nitrogen functional groups attached to an aromatic ring is 1. The molecule has 2 rings (SSSR count). The second-order valence-corrected chi connectivity index (χ2v) is 3.68. The van der Waals surface area contributed by atoms with Crippen molar-refractivity contribution in [3.05, 3.63) is 47.3 Å². The molecule has 0 saturated carbocycles. The van der Waals surface area contributed by atoms with Gasteiger partial charge in [-0.15, -0.1) is 0 Å². The van der Waals surface area contributed by atoms with E-state index in [0.29, 0.717) is 5.56 Å². The first-order valence-electron chi connectivity index (χ1n) is 5.00. The summed E-state index contributed by atoms with van der Waals surface area (Å²) in [5.74, 6) is -0.274. The number of phenols is 1. The summed E-state index contributed by atoms with van der Waals surface area (Å²) in [7, 11) is 0. The molecule has 0 radical (unpaired) electrons. The van der Waals surface area contributed by atoms with Gasteiger partial charge in [-0.2, -0.15) is 0 Å². The summed E-state index contributed by atoms with van der Waals surface area (Å²) in [5, 5.41) is 9.69. The number of carbonyl (C=O) groups is 1. The van der Waals surface area contributed by atoms with Crippen LogP contribution in [0.5, 0.6) is 5.75 Å². The van der Waals surface area contributed by atoms with Crippen molar-refractivity contribution in [2.45, 2.75) is 6.92 Å². The highest BCUT2D eigenvalue weighted by Crippen LogP contribution is 2.21. The van der Waals surface area contributed by atoms with Crippen LogP contribution in [0.25, 0.3) is 0 Å².